The van der Waals surface area contributed by atoms with Crippen molar-refractivity contribution in [2.45, 2.75) is 39.0 Å². The van der Waals surface area contributed by atoms with E-state index >= 15 is 0 Å². The molecule has 114 valence electrons. The zero-order valence-corrected chi connectivity index (χ0v) is 13.3. The van der Waals surface area contributed by atoms with Gasteiger partial charge in [-0.3, -0.25) is 4.79 Å². The first-order valence-corrected chi connectivity index (χ1v) is 7.25. The Morgan fingerprint density at radius 2 is 1.95 bits per heavy atom. The maximum atomic E-state index is 11.8. The van der Waals surface area contributed by atoms with Gasteiger partial charge in [-0.25, -0.2) is 0 Å². The van der Waals surface area contributed by atoms with Crippen LogP contribution in [0.25, 0.3) is 0 Å². The fourth-order valence-electron chi connectivity index (χ4n) is 1.80. The van der Waals surface area contributed by atoms with Crippen molar-refractivity contribution in [1.29, 1.82) is 5.26 Å². The zero-order chi connectivity index (χ0) is 15.9. The minimum Gasteiger partial charge on any atom is -0.484 e. The maximum absolute atomic E-state index is 11.8. The van der Waals surface area contributed by atoms with Crippen LogP contribution in [0.4, 0.5) is 0 Å². The second-order valence-electron chi connectivity index (χ2n) is 5.77. The van der Waals surface area contributed by atoms with Gasteiger partial charge in [0, 0.05) is 13.6 Å². The summed E-state index contributed by atoms with van der Waals surface area (Å²) in [5.74, 6) is 0.566. The van der Waals surface area contributed by atoms with Crippen molar-refractivity contribution in [1.82, 2.24) is 4.90 Å². The zero-order valence-electron chi connectivity index (χ0n) is 13.3. The Labute approximate surface area is 127 Å². The van der Waals surface area contributed by atoms with Crippen molar-refractivity contribution in [2.75, 3.05) is 20.2 Å². The third kappa shape index (κ3) is 5.11. The van der Waals surface area contributed by atoms with E-state index in [0.29, 0.717) is 18.7 Å². The van der Waals surface area contributed by atoms with Gasteiger partial charge in [-0.1, -0.05) is 32.9 Å². The van der Waals surface area contributed by atoms with E-state index < -0.39 is 0 Å². The number of carbonyl (C=O) groups is 1. The predicted molar refractivity (Wildman–Crippen MR) is 83.1 cm³/mol. The monoisotopic (exact) mass is 288 g/mol. The number of likely N-dealkylation sites (N-methyl/N-ethyl adjacent to an activating group) is 1. The van der Waals surface area contributed by atoms with Crippen molar-refractivity contribution in [3.05, 3.63) is 29.8 Å². The Morgan fingerprint density at radius 1 is 1.33 bits per heavy atom. The lowest BCUT2D eigenvalue weighted by molar-refractivity contribution is -0.131. The Hall–Kier alpha value is -2.02. The molecule has 1 amide bonds. The van der Waals surface area contributed by atoms with Crippen LogP contribution in [0.2, 0.25) is 0 Å². The molecule has 4 nitrogen and oxygen atoms in total. The van der Waals surface area contributed by atoms with Crippen LogP contribution in [0, 0.1) is 11.3 Å². The largest absolute Gasteiger partial charge is 0.484 e. The highest BCUT2D eigenvalue weighted by Gasteiger charge is 2.17. The Kier molecular flexibility index (Phi) is 6.23. The van der Waals surface area contributed by atoms with Crippen LogP contribution in [0.1, 0.15) is 39.2 Å². The van der Waals surface area contributed by atoms with Crippen molar-refractivity contribution in [3.63, 3.8) is 0 Å². The number of nitriles is 1. The quantitative estimate of drug-likeness (QED) is 0.774. The lowest BCUT2D eigenvalue weighted by Gasteiger charge is -2.23. The number of ether oxygens (including phenoxy) is 1. The van der Waals surface area contributed by atoms with E-state index in [2.05, 4.69) is 20.8 Å². The first-order chi connectivity index (χ1) is 9.90. The molecule has 0 aliphatic rings. The van der Waals surface area contributed by atoms with Crippen LogP contribution in [-0.4, -0.2) is 31.0 Å². The molecule has 1 aromatic carbocycles. The number of hydrogen-bond donors (Lipinski definition) is 0. The smallest absolute Gasteiger partial charge is 0.260 e. The Bertz CT molecular complexity index is 501. The van der Waals surface area contributed by atoms with Crippen LogP contribution in [0.3, 0.4) is 0 Å². The third-order valence-electron chi connectivity index (χ3n) is 3.87. The predicted octanol–water partition coefficient (Wildman–Crippen LogP) is 3.13. The molecular weight excluding hydrogens is 264 g/mol. The second kappa shape index (κ2) is 7.68. The van der Waals surface area contributed by atoms with Gasteiger partial charge < -0.3 is 9.64 Å². The molecule has 0 spiro atoms. The molecule has 1 rings (SSSR count). The number of rotatable bonds is 7. The molecular formula is C17H24N2O2. The van der Waals surface area contributed by atoms with Crippen LogP contribution in [-0.2, 0) is 10.2 Å². The van der Waals surface area contributed by atoms with Crippen LogP contribution >= 0.6 is 0 Å². The lowest BCUT2D eigenvalue weighted by atomic mass is 9.82. The highest BCUT2D eigenvalue weighted by atomic mass is 16.5. The summed E-state index contributed by atoms with van der Waals surface area (Å²) in [7, 11) is 1.68. The molecule has 0 aromatic heterocycles. The van der Waals surface area contributed by atoms with Gasteiger partial charge in [0.05, 0.1) is 12.5 Å². The van der Waals surface area contributed by atoms with E-state index in [4.69, 9.17) is 10.00 Å². The van der Waals surface area contributed by atoms with Gasteiger partial charge in [-0.15, -0.1) is 0 Å². The van der Waals surface area contributed by atoms with E-state index in [9.17, 15) is 4.79 Å². The van der Waals surface area contributed by atoms with Gasteiger partial charge in [-0.05, 0) is 29.5 Å². The fourth-order valence-corrected chi connectivity index (χ4v) is 1.80. The summed E-state index contributed by atoms with van der Waals surface area (Å²) in [5, 5.41) is 8.50. The van der Waals surface area contributed by atoms with Crippen molar-refractivity contribution < 1.29 is 9.53 Å². The number of carbonyl (C=O) groups excluding carboxylic acids is 1. The first kappa shape index (κ1) is 17.0. The summed E-state index contributed by atoms with van der Waals surface area (Å²) in [6.45, 7) is 7.01. The van der Waals surface area contributed by atoms with Crippen molar-refractivity contribution in [2.24, 2.45) is 0 Å². The minimum atomic E-state index is -0.122. The van der Waals surface area contributed by atoms with Crippen LogP contribution in [0.5, 0.6) is 5.75 Å². The molecule has 0 saturated carbocycles. The van der Waals surface area contributed by atoms with Gasteiger partial charge in [0.2, 0.25) is 0 Å². The first-order valence-electron chi connectivity index (χ1n) is 7.25. The molecule has 0 aliphatic carbocycles. The van der Waals surface area contributed by atoms with E-state index in [-0.39, 0.29) is 17.9 Å². The van der Waals surface area contributed by atoms with E-state index in [1.165, 1.54) is 10.5 Å². The number of benzene rings is 1. The van der Waals surface area contributed by atoms with Gasteiger partial charge in [0.15, 0.2) is 6.61 Å². The minimum absolute atomic E-state index is 0.00154. The molecule has 4 heteroatoms. The summed E-state index contributed by atoms with van der Waals surface area (Å²) >= 11 is 0. The van der Waals surface area contributed by atoms with E-state index in [0.717, 1.165) is 6.42 Å². The second-order valence-corrected chi connectivity index (χ2v) is 5.77. The third-order valence-corrected chi connectivity index (χ3v) is 3.87. The highest BCUT2D eigenvalue weighted by molar-refractivity contribution is 5.77. The standard InChI is InChI=1S/C17H24N2O2/c1-5-17(2,3)14-7-9-15(10-8-14)21-13-16(20)19(4)12-6-11-18/h7-10H,5-6,12-13H2,1-4H3. The fraction of sp³-hybridized carbons (Fsp3) is 0.529. The van der Waals surface area contributed by atoms with Crippen molar-refractivity contribution >= 4 is 5.91 Å². The lowest BCUT2D eigenvalue weighted by Crippen LogP contribution is -2.32. The molecule has 0 atom stereocenters. The molecule has 0 saturated heterocycles. The molecule has 1 aromatic rings. The molecule has 0 aliphatic heterocycles. The molecule has 0 unspecified atom stereocenters. The normalized spacial score (nSPS) is 10.8. The van der Waals surface area contributed by atoms with E-state index in [1.54, 1.807) is 7.05 Å². The van der Waals surface area contributed by atoms with Crippen LogP contribution < -0.4 is 4.74 Å². The van der Waals surface area contributed by atoms with Gasteiger partial charge in [-0.2, -0.15) is 5.26 Å². The number of amides is 1. The summed E-state index contributed by atoms with van der Waals surface area (Å²) in [6, 6.07) is 9.90. The molecule has 0 bridgehead atoms. The average Bonchev–Trinajstić information content (AvgIpc) is 2.50. The summed E-state index contributed by atoms with van der Waals surface area (Å²) in [4.78, 5) is 13.3. The van der Waals surface area contributed by atoms with E-state index in [1.807, 2.05) is 30.3 Å². The molecule has 0 radical (unpaired) electrons. The topological polar surface area (TPSA) is 53.3 Å². The summed E-state index contributed by atoms with van der Waals surface area (Å²) in [6.07, 6.45) is 1.40. The van der Waals surface area contributed by atoms with Gasteiger partial charge in [0.25, 0.3) is 5.91 Å². The Balaban J connectivity index is 2.54. The average molecular weight is 288 g/mol. The SMILES string of the molecule is CCC(C)(C)c1ccc(OCC(=O)N(C)CCC#N)cc1. The maximum Gasteiger partial charge on any atom is 0.260 e. The summed E-state index contributed by atoms with van der Waals surface area (Å²) in [5.41, 5.74) is 1.40. The summed E-state index contributed by atoms with van der Waals surface area (Å²) < 4.78 is 5.50. The van der Waals surface area contributed by atoms with Crippen LogP contribution in [0.15, 0.2) is 24.3 Å². The molecule has 0 heterocycles. The number of nitrogens with zero attached hydrogens (tertiary/aromatic N) is 2. The van der Waals surface area contributed by atoms with Gasteiger partial charge >= 0.3 is 0 Å². The molecule has 0 fully saturated rings. The van der Waals surface area contributed by atoms with Gasteiger partial charge in [0.1, 0.15) is 5.75 Å². The highest BCUT2D eigenvalue weighted by Crippen LogP contribution is 2.27. The molecule has 0 N–H and O–H groups in total. The molecule has 21 heavy (non-hydrogen) atoms. The Morgan fingerprint density at radius 3 is 2.48 bits per heavy atom. The number of hydrogen-bond acceptors (Lipinski definition) is 3. The van der Waals surface area contributed by atoms with Crippen molar-refractivity contribution in [3.8, 4) is 11.8 Å².